The van der Waals surface area contributed by atoms with E-state index in [1.165, 1.54) is 0 Å². The molecule has 0 aliphatic rings. The van der Waals surface area contributed by atoms with E-state index in [1.54, 1.807) is 0 Å². The Kier molecular flexibility index (Phi) is 8.33. The Morgan fingerprint density at radius 1 is 1.33 bits per heavy atom. The van der Waals surface area contributed by atoms with Crippen molar-refractivity contribution in [1.29, 1.82) is 0 Å². The van der Waals surface area contributed by atoms with E-state index < -0.39 is 0 Å². The van der Waals surface area contributed by atoms with Crippen LogP contribution in [0.3, 0.4) is 0 Å². The van der Waals surface area contributed by atoms with Crippen molar-refractivity contribution in [3.05, 3.63) is 0 Å². The predicted octanol–water partition coefficient (Wildman–Crippen LogP) is 0.572. The first-order valence-electron chi connectivity index (χ1n) is 5.91. The van der Waals surface area contributed by atoms with Crippen molar-refractivity contribution in [1.82, 2.24) is 10.2 Å². The fraction of sp³-hybridized carbons (Fsp3) is 0.909. The molecular weight excluding hydrogens is 190 g/mol. The van der Waals surface area contributed by atoms with E-state index in [0.29, 0.717) is 13.0 Å². The van der Waals surface area contributed by atoms with Crippen LogP contribution >= 0.6 is 0 Å². The molecule has 1 atom stereocenters. The number of nitrogens with one attached hydrogen (secondary N) is 1. The highest BCUT2D eigenvalue weighted by atomic mass is 16.2. The van der Waals surface area contributed by atoms with Gasteiger partial charge < -0.3 is 16.0 Å². The molecule has 0 unspecified atom stereocenters. The van der Waals surface area contributed by atoms with Crippen LogP contribution in [0.2, 0.25) is 0 Å². The highest BCUT2D eigenvalue weighted by Crippen LogP contribution is 1.90. The van der Waals surface area contributed by atoms with Crippen molar-refractivity contribution in [2.45, 2.75) is 39.7 Å². The van der Waals surface area contributed by atoms with Crippen molar-refractivity contribution >= 4 is 5.91 Å². The highest BCUT2D eigenvalue weighted by molar-refractivity contribution is 5.81. The lowest BCUT2D eigenvalue weighted by Gasteiger charge is -2.20. The number of rotatable bonds is 8. The van der Waals surface area contributed by atoms with Crippen LogP contribution in [0.25, 0.3) is 0 Å². The van der Waals surface area contributed by atoms with E-state index in [-0.39, 0.29) is 11.9 Å². The van der Waals surface area contributed by atoms with Crippen LogP contribution in [-0.4, -0.2) is 43.0 Å². The zero-order valence-electron chi connectivity index (χ0n) is 10.3. The predicted molar refractivity (Wildman–Crippen MR) is 63.7 cm³/mol. The molecule has 0 saturated carbocycles. The molecule has 0 fully saturated rings. The van der Waals surface area contributed by atoms with Crippen LogP contribution in [0.5, 0.6) is 0 Å². The second kappa shape index (κ2) is 8.68. The maximum atomic E-state index is 11.3. The first kappa shape index (κ1) is 14.4. The second-order valence-electron chi connectivity index (χ2n) is 3.74. The van der Waals surface area contributed by atoms with Gasteiger partial charge in [0.2, 0.25) is 5.91 Å². The molecule has 0 aromatic rings. The minimum Gasteiger partial charge on any atom is -0.353 e. The largest absolute Gasteiger partial charge is 0.353 e. The third-order valence-corrected chi connectivity index (χ3v) is 2.49. The lowest BCUT2D eigenvalue weighted by atomic mass is 10.2. The lowest BCUT2D eigenvalue weighted by Crippen LogP contribution is -2.43. The maximum Gasteiger partial charge on any atom is 0.236 e. The molecule has 0 spiro atoms. The molecule has 1 amide bonds. The molecule has 0 rings (SSSR count). The summed E-state index contributed by atoms with van der Waals surface area (Å²) in [6.07, 6.45) is 1.84. The van der Waals surface area contributed by atoms with Gasteiger partial charge in [-0.1, -0.05) is 20.8 Å². The molecule has 0 saturated heterocycles. The number of hydrogen-bond donors (Lipinski definition) is 2. The fourth-order valence-corrected chi connectivity index (χ4v) is 1.40. The van der Waals surface area contributed by atoms with E-state index in [1.807, 2.05) is 6.92 Å². The Morgan fingerprint density at radius 3 is 2.47 bits per heavy atom. The zero-order chi connectivity index (χ0) is 11.7. The molecule has 4 heteroatoms. The van der Waals surface area contributed by atoms with Gasteiger partial charge >= 0.3 is 0 Å². The highest BCUT2D eigenvalue weighted by Gasteiger charge is 2.10. The summed E-state index contributed by atoms with van der Waals surface area (Å²) in [4.78, 5) is 13.7. The molecule has 0 aliphatic heterocycles. The van der Waals surface area contributed by atoms with E-state index in [2.05, 4.69) is 24.1 Å². The number of carbonyl (C=O) groups is 1. The average Bonchev–Trinajstić information content (AvgIpc) is 2.26. The van der Waals surface area contributed by atoms with Crippen LogP contribution in [0.15, 0.2) is 0 Å². The summed E-state index contributed by atoms with van der Waals surface area (Å²) in [5.41, 5.74) is 5.60. The summed E-state index contributed by atoms with van der Waals surface area (Å²) in [5, 5.41) is 2.85. The number of nitrogens with zero attached hydrogens (tertiary/aromatic N) is 1. The molecule has 4 nitrogen and oxygen atoms in total. The third kappa shape index (κ3) is 6.47. The summed E-state index contributed by atoms with van der Waals surface area (Å²) in [7, 11) is 0. The Bertz CT molecular complexity index is 173. The van der Waals surface area contributed by atoms with Crippen molar-refractivity contribution in [3.8, 4) is 0 Å². The maximum absolute atomic E-state index is 11.3. The smallest absolute Gasteiger partial charge is 0.236 e. The van der Waals surface area contributed by atoms with E-state index >= 15 is 0 Å². The van der Waals surface area contributed by atoms with Gasteiger partial charge in [0.05, 0.1) is 6.04 Å². The van der Waals surface area contributed by atoms with Gasteiger partial charge in [-0.25, -0.2) is 0 Å². The van der Waals surface area contributed by atoms with Crippen LogP contribution in [-0.2, 0) is 4.79 Å². The number of hydrogen-bond acceptors (Lipinski definition) is 3. The fourth-order valence-electron chi connectivity index (χ4n) is 1.40. The summed E-state index contributed by atoms with van der Waals surface area (Å²) in [5.74, 6) is -0.0370. The molecule has 90 valence electrons. The third-order valence-electron chi connectivity index (χ3n) is 2.49. The van der Waals surface area contributed by atoms with Crippen molar-refractivity contribution in [3.63, 3.8) is 0 Å². The van der Waals surface area contributed by atoms with Gasteiger partial charge in [0.1, 0.15) is 0 Å². The van der Waals surface area contributed by atoms with Gasteiger partial charge in [-0.3, -0.25) is 4.79 Å². The number of amides is 1. The first-order chi connectivity index (χ1) is 7.15. The molecule has 0 aliphatic carbocycles. The minimum atomic E-state index is -0.355. The Morgan fingerprint density at radius 2 is 2.00 bits per heavy atom. The summed E-state index contributed by atoms with van der Waals surface area (Å²) in [6, 6.07) is -0.355. The molecule has 0 aromatic carbocycles. The van der Waals surface area contributed by atoms with E-state index in [9.17, 15) is 4.79 Å². The topological polar surface area (TPSA) is 58.4 Å². The van der Waals surface area contributed by atoms with Crippen molar-refractivity contribution in [2.75, 3.05) is 26.2 Å². The molecule has 3 N–H and O–H groups in total. The monoisotopic (exact) mass is 215 g/mol. The van der Waals surface area contributed by atoms with Gasteiger partial charge in [0.15, 0.2) is 0 Å². The normalized spacial score (nSPS) is 12.9. The summed E-state index contributed by atoms with van der Waals surface area (Å²) in [6.45, 7) is 9.94. The zero-order valence-corrected chi connectivity index (χ0v) is 10.3. The summed E-state index contributed by atoms with van der Waals surface area (Å²) >= 11 is 0. The average molecular weight is 215 g/mol. The second-order valence-corrected chi connectivity index (χ2v) is 3.74. The van der Waals surface area contributed by atoms with E-state index in [4.69, 9.17) is 5.73 Å². The first-order valence-corrected chi connectivity index (χ1v) is 5.91. The standard InChI is InChI=1S/C11H25N3O/c1-4-8-14(6-3)9-7-13-11(15)10(12)5-2/h10H,4-9,12H2,1-3H3,(H,13,15)/t10-/m1/s1. The van der Waals surface area contributed by atoms with Gasteiger partial charge in [0, 0.05) is 13.1 Å². The van der Waals surface area contributed by atoms with Crippen LogP contribution in [0, 0.1) is 0 Å². The molecule has 0 bridgehead atoms. The summed E-state index contributed by atoms with van der Waals surface area (Å²) < 4.78 is 0. The molecule has 0 radical (unpaired) electrons. The molecular formula is C11H25N3O. The minimum absolute atomic E-state index is 0.0370. The Balaban J connectivity index is 3.63. The number of likely N-dealkylation sites (N-methyl/N-ethyl adjacent to an activating group) is 1. The Labute approximate surface area is 93.2 Å². The van der Waals surface area contributed by atoms with Gasteiger partial charge in [-0.05, 0) is 25.9 Å². The molecule has 0 heterocycles. The quantitative estimate of drug-likeness (QED) is 0.622. The van der Waals surface area contributed by atoms with Crippen LogP contribution in [0.4, 0.5) is 0 Å². The van der Waals surface area contributed by atoms with E-state index in [0.717, 1.165) is 26.1 Å². The Hall–Kier alpha value is -0.610. The van der Waals surface area contributed by atoms with Crippen molar-refractivity contribution in [2.24, 2.45) is 5.73 Å². The van der Waals surface area contributed by atoms with Gasteiger partial charge in [-0.15, -0.1) is 0 Å². The number of nitrogens with two attached hydrogens (primary N) is 1. The van der Waals surface area contributed by atoms with Gasteiger partial charge in [0.25, 0.3) is 0 Å². The lowest BCUT2D eigenvalue weighted by molar-refractivity contribution is -0.122. The van der Waals surface area contributed by atoms with Crippen LogP contribution in [0.1, 0.15) is 33.6 Å². The van der Waals surface area contributed by atoms with Crippen molar-refractivity contribution < 1.29 is 4.79 Å². The molecule has 15 heavy (non-hydrogen) atoms. The molecule has 0 aromatic heterocycles. The van der Waals surface area contributed by atoms with Crippen LogP contribution < -0.4 is 11.1 Å². The SMILES string of the molecule is CCCN(CC)CCNC(=O)[C@H](N)CC. The van der Waals surface area contributed by atoms with Gasteiger partial charge in [-0.2, -0.15) is 0 Å². The number of carbonyl (C=O) groups excluding carboxylic acids is 1.